The van der Waals surface area contributed by atoms with Crippen molar-refractivity contribution >= 4 is 44.6 Å². The van der Waals surface area contributed by atoms with Crippen LogP contribution in [-0.2, 0) is 0 Å². The first kappa shape index (κ1) is 11.0. The predicted octanol–water partition coefficient (Wildman–Crippen LogP) is 2.86. The molecular weight excluding hydrogens is 291 g/mol. The SMILES string of the molecule is Cc1c([Se]c2ccccc2)sc2ccccc12. The zero-order valence-corrected chi connectivity index (χ0v) is 12.0. The van der Waals surface area contributed by atoms with Gasteiger partial charge < -0.3 is 0 Å². The van der Waals surface area contributed by atoms with E-state index in [4.69, 9.17) is 0 Å². The van der Waals surface area contributed by atoms with Crippen molar-refractivity contribution in [1.29, 1.82) is 0 Å². The number of rotatable bonds is 2. The first-order valence-electron chi connectivity index (χ1n) is 5.55. The first-order chi connectivity index (χ1) is 8.34. The van der Waals surface area contributed by atoms with Crippen molar-refractivity contribution in [2.24, 2.45) is 0 Å². The Kier molecular flexibility index (Phi) is 3.02. The molecule has 3 aromatic rings. The molecule has 0 radical (unpaired) electrons. The fourth-order valence-corrected chi connectivity index (χ4v) is 5.77. The minimum atomic E-state index is 0.440. The monoisotopic (exact) mass is 304 g/mol. The Labute approximate surface area is 111 Å². The second kappa shape index (κ2) is 4.66. The fourth-order valence-electron chi connectivity index (χ4n) is 1.84. The van der Waals surface area contributed by atoms with Crippen molar-refractivity contribution < 1.29 is 0 Å². The van der Waals surface area contributed by atoms with Crippen LogP contribution in [0.25, 0.3) is 10.1 Å². The van der Waals surface area contributed by atoms with E-state index in [9.17, 15) is 0 Å². The average Bonchev–Trinajstić information content (AvgIpc) is 2.68. The number of aryl methyl sites for hydroxylation is 1. The summed E-state index contributed by atoms with van der Waals surface area (Å²) in [6, 6.07) is 19.5. The van der Waals surface area contributed by atoms with E-state index >= 15 is 0 Å². The molecule has 0 N–H and O–H groups in total. The summed E-state index contributed by atoms with van der Waals surface area (Å²) < 4.78 is 4.41. The molecule has 0 unspecified atom stereocenters. The molecule has 0 aliphatic heterocycles. The Hall–Kier alpha value is -1.08. The third-order valence-electron chi connectivity index (χ3n) is 2.75. The summed E-state index contributed by atoms with van der Waals surface area (Å²) in [6.45, 7) is 2.25. The Morgan fingerprint density at radius 3 is 2.35 bits per heavy atom. The topological polar surface area (TPSA) is 0 Å². The van der Waals surface area contributed by atoms with Crippen LogP contribution < -0.4 is 8.24 Å². The van der Waals surface area contributed by atoms with Crippen LogP contribution in [0.15, 0.2) is 54.6 Å². The second-order valence-electron chi connectivity index (χ2n) is 3.93. The Morgan fingerprint density at radius 1 is 0.882 bits per heavy atom. The van der Waals surface area contributed by atoms with Crippen molar-refractivity contribution in [2.45, 2.75) is 6.92 Å². The van der Waals surface area contributed by atoms with Crippen LogP contribution in [0.2, 0.25) is 0 Å². The molecule has 2 heteroatoms. The molecule has 1 aromatic heterocycles. The number of benzene rings is 2. The predicted molar refractivity (Wildman–Crippen MR) is 78.0 cm³/mol. The molecule has 0 fully saturated rings. The van der Waals surface area contributed by atoms with Gasteiger partial charge in [-0.15, -0.1) is 0 Å². The van der Waals surface area contributed by atoms with Crippen LogP contribution >= 0.6 is 11.3 Å². The quantitative estimate of drug-likeness (QED) is 0.639. The molecule has 0 saturated heterocycles. The van der Waals surface area contributed by atoms with Gasteiger partial charge in [-0.05, 0) is 0 Å². The Balaban J connectivity index is 2.04. The van der Waals surface area contributed by atoms with Crippen molar-refractivity contribution in [3.8, 4) is 0 Å². The first-order valence-corrected chi connectivity index (χ1v) is 8.08. The molecule has 84 valence electrons. The molecule has 0 saturated carbocycles. The maximum atomic E-state index is 2.25. The summed E-state index contributed by atoms with van der Waals surface area (Å²) in [5.41, 5.74) is 1.47. The van der Waals surface area contributed by atoms with Gasteiger partial charge in [0, 0.05) is 0 Å². The van der Waals surface area contributed by atoms with Gasteiger partial charge in [0.1, 0.15) is 0 Å². The van der Waals surface area contributed by atoms with Gasteiger partial charge in [-0.3, -0.25) is 0 Å². The van der Waals surface area contributed by atoms with Gasteiger partial charge in [-0.1, -0.05) is 0 Å². The molecule has 17 heavy (non-hydrogen) atoms. The van der Waals surface area contributed by atoms with Crippen molar-refractivity contribution in [3.63, 3.8) is 0 Å². The van der Waals surface area contributed by atoms with Gasteiger partial charge in [-0.2, -0.15) is 0 Å². The van der Waals surface area contributed by atoms with Crippen LogP contribution in [0.3, 0.4) is 0 Å². The van der Waals surface area contributed by atoms with Crippen LogP contribution in [-0.4, -0.2) is 15.0 Å². The second-order valence-corrected chi connectivity index (χ2v) is 7.84. The van der Waals surface area contributed by atoms with E-state index in [2.05, 4.69) is 61.5 Å². The van der Waals surface area contributed by atoms with Crippen LogP contribution in [0, 0.1) is 6.92 Å². The number of hydrogen-bond donors (Lipinski definition) is 0. The molecule has 0 aliphatic carbocycles. The summed E-state index contributed by atoms with van der Waals surface area (Å²) in [5, 5.41) is 1.42. The molecule has 3 rings (SSSR count). The normalized spacial score (nSPS) is 10.9. The summed E-state index contributed by atoms with van der Waals surface area (Å²) >= 11 is 2.39. The van der Waals surface area contributed by atoms with Crippen LogP contribution in [0.1, 0.15) is 5.56 Å². The molecule has 0 bridgehead atoms. The van der Waals surface area contributed by atoms with E-state index in [0.29, 0.717) is 15.0 Å². The van der Waals surface area contributed by atoms with Gasteiger partial charge in [0.2, 0.25) is 0 Å². The molecule has 2 aromatic carbocycles. The van der Waals surface area contributed by atoms with E-state index in [1.165, 1.54) is 20.1 Å². The van der Waals surface area contributed by atoms with Gasteiger partial charge in [0.15, 0.2) is 0 Å². The average molecular weight is 303 g/mol. The summed E-state index contributed by atoms with van der Waals surface area (Å²) in [6.07, 6.45) is 0. The molecule has 0 nitrogen and oxygen atoms in total. The zero-order valence-electron chi connectivity index (χ0n) is 9.51. The van der Waals surface area contributed by atoms with E-state index in [1.807, 2.05) is 11.3 Å². The van der Waals surface area contributed by atoms with Gasteiger partial charge >= 0.3 is 112 Å². The van der Waals surface area contributed by atoms with E-state index in [1.54, 1.807) is 3.78 Å². The maximum absolute atomic E-state index is 2.25. The summed E-state index contributed by atoms with van der Waals surface area (Å²) in [4.78, 5) is 0. The molecular formula is C15H12SSe. The van der Waals surface area contributed by atoms with Crippen LogP contribution in [0.5, 0.6) is 0 Å². The molecule has 0 atom stereocenters. The number of fused-ring (bicyclic) bond motifs is 1. The van der Waals surface area contributed by atoms with E-state index in [-0.39, 0.29) is 0 Å². The molecule has 0 aliphatic rings. The number of thiophene rings is 1. The summed E-state index contributed by atoms with van der Waals surface area (Å²) in [5.74, 6) is 0. The van der Waals surface area contributed by atoms with Crippen molar-refractivity contribution in [3.05, 3.63) is 60.2 Å². The number of hydrogen-bond acceptors (Lipinski definition) is 1. The van der Waals surface area contributed by atoms with Crippen molar-refractivity contribution in [1.82, 2.24) is 0 Å². The fraction of sp³-hybridized carbons (Fsp3) is 0.0667. The molecule has 0 spiro atoms. The van der Waals surface area contributed by atoms with Gasteiger partial charge in [0.25, 0.3) is 0 Å². The third kappa shape index (κ3) is 2.16. The van der Waals surface area contributed by atoms with Gasteiger partial charge in [0.05, 0.1) is 0 Å². The third-order valence-corrected chi connectivity index (χ3v) is 6.88. The standard InChI is InChI=1S/C15H12SSe/c1-11-13-9-5-6-10-14(13)16-15(11)17-12-7-3-2-4-8-12/h2-10H,1H3. The Morgan fingerprint density at radius 2 is 1.59 bits per heavy atom. The molecule has 1 heterocycles. The summed E-state index contributed by atoms with van der Waals surface area (Å²) in [7, 11) is 0. The van der Waals surface area contributed by atoms with Crippen LogP contribution in [0.4, 0.5) is 0 Å². The van der Waals surface area contributed by atoms with E-state index < -0.39 is 0 Å². The minimum absolute atomic E-state index is 0.440. The molecule has 0 amide bonds. The van der Waals surface area contributed by atoms with E-state index in [0.717, 1.165) is 0 Å². The zero-order chi connectivity index (χ0) is 11.7. The van der Waals surface area contributed by atoms with Crippen molar-refractivity contribution in [2.75, 3.05) is 0 Å². The Bertz CT molecular complexity index is 640. The van der Waals surface area contributed by atoms with Gasteiger partial charge in [-0.25, -0.2) is 0 Å².